The minimum atomic E-state index is -0.880. The van der Waals surface area contributed by atoms with E-state index < -0.39 is 5.60 Å². The van der Waals surface area contributed by atoms with Crippen LogP contribution in [0.3, 0.4) is 0 Å². The molecule has 5 aromatic carbocycles. The Labute approximate surface area is 283 Å². The molecule has 8 rings (SSSR count). The Morgan fingerprint density at radius 3 is 2.42 bits per heavy atom. The van der Waals surface area contributed by atoms with E-state index in [4.69, 9.17) is 14.2 Å². The van der Waals surface area contributed by atoms with Crippen LogP contribution in [0, 0.1) is 5.92 Å². The molecule has 2 heterocycles. The van der Waals surface area contributed by atoms with Crippen LogP contribution >= 0.6 is 0 Å². The Balaban J connectivity index is 1.40. The first kappa shape index (κ1) is 30.6. The number of hydrogen-bond donors (Lipinski definition) is 1. The van der Waals surface area contributed by atoms with E-state index >= 15 is 0 Å². The maximum atomic E-state index is 9.29. The van der Waals surface area contributed by atoms with Crippen molar-refractivity contribution in [3.8, 4) is 28.4 Å². The molecule has 244 valence electrons. The summed E-state index contributed by atoms with van der Waals surface area (Å²) in [4.78, 5) is 2.51. The lowest BCUT2D eigenvalue weighted by atomic mass is 9.76. The summed E-state index contributed by atoms with van der Waals surface area (Å²) >= 11 is 0. The molecule has 0 spiro atoms. The van der Waals surface area contributed by atoms with Gasteiger partial charge in [0, 0.05) is 40.6 Å². The van der Waals surface area contributed by atoms with Crippen molar-refractivity contribution in [1.82, 2.24) is 0 Å². The van der Waals surface area contributed by atoms with E-state index in [9.17, 15) is 5.11 Å². The highest BCUT2D eigenvalue weighted by molar-refractivity contribution is 6.10. The van der Waals surface area contributed by atoms with Gasteiger partial charge in [-0.1, -0.05) is 93.6 Å². The molecule has 2 atom stereocenters. The third-order valence-corrected chi connectivity index (χ3v) is 10.7. The standard InChI is InChI=1S/C43H43NO4/c1-28-11-10-22-44(27-28)37-25-34-35(26-38(37)46-4)41-33(40-39(34)32-14-8-9-15-36(32)42(40,2)3)20-21-43(48-41,29-12-6-5-7-13-29)30-16-18-31(19-17-30)47-24-23-45/h5-9,12-21,25-26,28,45H,10-11,22-24,27H2,1-4H3. The summed E-state index contributed by atoms with van der Waals surface area (Å²) in [5, 5.41) is 11.5. The Morgan fingerprint density at radius 1 is 0.917 bits per heavy atom. The second kappa shape index (κ2) is 11.7. The first-order chi connectivity index (χ1) is 23.4. The van der Waals surface area contributed by atoms with Gasteiger partial charge in [-0.25, -0.2) is 0 Å². The number of fused-ring (bicyclic) bond motifs is 8. The van der Waals surface area contributed by atoms with Gasteiger partial charge in [0.1, 0.15) is 23.9 Å². The normalized spacial score (nSPS) is 20.5. The highest BCUT2D eigenvalue weighted by Gasteiger charge is 2.44. The molecule has 0 saturated carbocycles. The van der Waals surface area contributed by atoms with Crippen molar-refractivity contribution < 1.29 is 19.3 Å². The molecule has 5 aromatic rings. The smallest absolute Gasteiger partial charge is 0.178 e. The summed E-state index contributed by atoms with van der Waals surface area (Å²) in [6.07, 6.45) is 6.95. The first-order valence-corrected chi connectivity index (χ1v) is 17.2. The van der Waals surface area contributed by atoms with E-state index in [1.165, 1.54) is 40.5 Å². The van der Waals surface area contributed by atoms with Gasteiger partial charge in [-0.15, -0.1) is 0 Å². The maximum absolute atomic E-state index is 9.29. The maximum Gasteiger partial charge on any atom is 0.178 e. The molecule has 0 bridgehead atoms. The summed E-state index contributed by atoms with van der Waals surface area (Å²) in [5.74, 6) is 3.09. The number of rotatable bonds is 7. The van der Waals surface area contributed by atoms with Crippen LogP contribution in [0.1, 0.15) is 61.4 Å². The molecule has 2 aliphatic heterocycles. The van der Waals surface area contributed by atoms with Crippen molar-refractivity contribution in [2.24, 2.45) is 5.92 Å². The summed E-state index contributed by atoms with van der Waals surface area (Å²) in [6, 6.07) is 32.0. The quantitative estimate of drug-likeness (QED) is 0.193. The average molecular weight is 638 g/mol. The molecule has 0 amide bonds. The van der Waals surface area contributed by atoms with Crippen molar-refractivity contribution in [3.05, 3.63) is 125 Å². The Hall–Kier alpha value is -4.74. The molecule has 1 saturated heterocycles. The Kier molecular flexibility index (Phi) is 7.48. The SMILES string of the molecule is COc1cc2c3c(c4c(c2cc1N1CCCC(C)C1)-c1ccccc1C4(C)C)C=CC(c1ccccc1)(c1ccc(OCCO)cc1)O3. The van der Waals surface area contributed by atoms with Crippen LogP contribution in [0.15, 0.2) is 97.1 Å². The summed E-state index contributed by atoms with van der Waals surface area (Å²) in [6.45, 7) is 9.31. The average Bonchev–Trinajstić information content (AvgIpc) is 3.37. The number of hydrogen-bond acceptors (Lipinski definition) is 5. The highest BCUT2D eigenvalue weighted by Crippen LogP contribution is 2.59. The van der Waals surface area contributed by atoms with E-state index in [1.807, 2.05) is 18.2 Å². The number of aliphatic hydroxyl groups is 1. The minimum Gasteiger partial charge on any atom is -0.495 e. The lowest BCUT2D eigenvalue weighted by Crippen LogP contribution is -2.35. The van der Waals surface area contributed by atoms with Crippen molar-refractivity contribution in [2.45, 2.75) is 44.6 Å². The molecular formula is C43H43NO4. The minimum absolute atomic E-state index is 0.0298. The predicted octanol–water partition coefficient (Wildman–Crippen LogP) is 9.11. The van der Waals surface area contributed by atoms with Gasteiger partial charge in [-0.2, -0.15) is 0 Å². The van der Waals surface area contributed by atoms with E-state index in [0.717, 1.165) is 52.4 Å². The fourth-order valence-corrected chi connectivity index (χ4v) is 8.41. The molecule has 1 N–H and O–H groups in total. The largest absolute Gasteiger partial charge is 0.495 e. The molecule has 3 aliphatic rings. The second-order valence-corrected chi connectivity index (χ2v) is 14.1. The first-order valence-electron chi connectivity index (χ1n) is 17.2. The molecule has 2 unspecified atom stereocenters. The van der Waals surface area contributed by atoms with Crippen LogP contribution in [-0.2, 0) is 11.0 Å². The van der Waals surface area contributed by atoms with Crippen molar-refractivity contribution in [3.63, 3.8) is 0 Å². The number of ether oxygens (including phenoxy) is 3. The third-order valence-electron chi connectivity index (χ3n) is 10.7. The van der Waals surface area contributed by atoms with Crippen molar-refractivity contribution in [2.75, 3.05) is 38.3 Å². The number of benzene rings is 5. The number of methoxy groups -OCH3 is 1. The zero-order chi connectivity index (χ0) is 33.0. The van der Waals surface area contributed by atoms with Gasteiger partial charge in [-0.05, 0) is 76.7 Å². The molecular weight excluding hydrogens is 594 g/mol. The lowest BCUT2D eigenvalue weighted by Gasteiger charge is -2.39. The van der Waals surface area contributed by atoms with Gasteiger partial charge in [-0.3, -0.25) is 0 Å². The Bertz CT molecular complexity index is 2030. The fraction of sp³-hybridized carbons (Fsp3) is 0.302. The van der Waals surface area contributed by atoms with Gasteiger partial charge in [0.25, 0.3) is 0 Å². The monoisotopic (exact) mass is 637 g/mol. The van der Waals surface area contributed by atoms with Crippen molar-refractivity contribution >= 4 is 22.5 Å². The molecule has 5 nitrogen and oxygen atoms in total. The van der Waals surface area contributed by atoms with Gasteiger partial charge < -0.3 is 24.2 Å². The zero-order valence-corrected chi connectivity index (χ0v) is 28.3. The predicted molar refractivity (Wildman–Crippen MR) is 195 cm³/mol. The molecule has 0 aromatic heterocycles. The third kappa shape index (κ3) is 4.70. The van der Waals surface area contributed by atoms with Crippen LogP contribution < -0.4 is 19.1 Å². The van der Waals surface area contributed by atoms with Crippen LogP contribution in [0.5, 0.6) is 17.2 Å². The van der Waals surface area contributed by atoms with E-state index in [2.05, 4.69) is 111 Å². The van der Waals surface area contributed by atoms with Crippen LogP contribution in [0.4, 0.5) is 5.69 Å². The Morgan fingerprint density at radius 2 is 1.67 bits per heavy atom. The topological polar surface area (TPSA) is 51.2 Å². The molecule has 5 heteroatoms. The summed E-state index contributed by atoms with van der Waals surface area (Å²) in [7, 11) is 1.78. The van der Waals surface area contributed by atoms with Crippen LogP contribution in [-0.4, -0.2) is 38.5 Å². The van der Waals surface area contributed by atoms with Gasteiger partial charge in [0.05, 0.1) is 19.4 Å². The lowest BCUT2D eigenvalue weighted by molar-refractivity contribution is 0.163. The van der Waals surface area contributed by atoms with E-state index in [1.54, 1.807) is 7.11 Å². The molecule has 1 aliphatic carbocycles. The number of piperidine rings is 1. The molecule has 1 fully saturated rings. The van der Waals surface area contributed by atoms with Gasteiger partial charge >= 0.3 is 0 Å². The molecule has 48 heavy (non-hydrogen) atoms. The van der Waals surface area contributed by atoms with Crippen LogP contribution in [0.2, 0.25) is 0 Å². The van der Waals surface area contributed by atoms with Crippen molar-refractivity contribution in [1.29, 1.82) is 0 Å². The summed E-state index contributed by atoms with van der Waals surface area (Å²) in [5.41, 5.74) is 8.43. The highest BCUT2D eigenvalue weighted by atomic mass is 16.5. The molecule has 0 radical (unpaired) electrons. The fourth-order valence-electron chi connectivity index (χ4n) is 8.41. The summed E-state index contributed by atoms with van der Waals surface area (Å²) < 4.78 is 19.4. The van der Waals surface area contributed by atoms with Gasteiger partial charge in [0.15, 0.2) is 5.60 Å². The number of aliphatic hydroxyl groups excluding tert-OH is 1. The van der Waals surface area contributed by atoms with Gasteiger partial charge in [0.2, 0.25) is 0 Å². The number of nitrogens with zero attached hydrogens (tertiary/aromatic N) is 1. The number of anilines is 1. The van der Waals surface area contributed by atoms with E-state index in [0.29, 0.717) is 11.7 Å². The second-order valence-electron chi connectivity index (χ2n) is 14.1. The van der Waals surface area contributed by atoms with E-state index in [-0.39, 0.29) is 18.6 Å². The van der Waals surface area contributed by atoms with Crippen LogP contribution in [0.25, 0.3) is 28.0 Å². The zero-order valence-electron chi connectivity index (χ0n) is 28.3.